The Morgan fingerprint density at radius 1 is 1.08 bits per heavy atom. The van der Waals surface area contributed by atoms with Gasteiger partial charge in [-0.25, -0.2) is 4.68 Å². The lowest BCUT2D eigenvalue weighted by Gasteiger charge is -2.29. The summed E-state index contributed by atoms with van der Waals surface area (Å²) in [6.07, 6.45) is 0. The van der Waals surface area contributed by atoms with E-state index in [1.165, 1.54) is 0 Å². The second-order valence-corrected chi connectivity index (χ2v) is 6.86. The molecule has 26 heavy (non-hydrogen) atoms. The van der Waals surface area contributed by atoms with Gasteiger partial charge in [-0.05, 0) is 18.6 Å². The predicted molar refractivity (Wildman–Crippen MR) is 103 cm³/mol. The number of hydrogen-bond acceptors (Lipinski definition) is 3. The molecule has 2 heterocycles. The highest BCUT2D eigenvalue weighted by atomic mass is 16.2. The van der Waals surface area contributed by atoms with E-state index in [1.54, 1.807) is 0 Å². The Bertz CT molecular complexity index is 974. The lowest BCUT2D eigenvalue weighted by atomic mass is 9.95. The first-order chi connectivity index (χ1) is 12.6. The molecule has 5 heteroatoms. The van der Waals surface area contributed by atoms with Gasteiger partial charge in [0.05, 0.1) is 17.9 Å². The molecule has 0 atom stereocenters. The van der Waals surface area contributed by atoms with Gasteiger partial charge in [-0.3, -0.25) is 4.79 Å². The zero-order valence-electron chi connectivity index (χ0n) is 15.3. The monoisotopic (exact) mass is 346 g/mol. The van der Waals surface area contributed by atoms with Crippen molar-refractivity contribution in [3.05, 3.63) is 54.1 Å². The summed E-state index contributed by atoms with van der Waals surface area (Å²) >= 11 is 0. The smallest absolute Gasteiger partial charge is 0.229 e. The number of rotatable bonds is 2. The number of fused-ring (bicyclic) bond motifs is 5. The van der Waals surface area contributed by atoms with E-state index in [0.717, 1.165) is 40.3 Å². The summed E-state index contributed by atoms with van der Waals surface area (Å²) in [5, 5.41) is 8.85. The Balaban J connectivity index is 2.06. The van der Waals surface area contributed by atoms with Gasteiger partial charge >= 0.3 is 0 Å². The second-order valence-electron chi connectivity index (χ2n) is 6.86. The van der Waals surface area contributed by atoms with Crippen LogP contribution in [0.4, 0.5) is 5.69 Å². The van der Waals surface area contributed by atoms with E-state index in [4.69, 9.17) is 0 Å². The van der Waals surface area contributed by atoms with Gasteiger partial charge in [0, 0.05) is 23.6 Å². The van der Waals surface area contributed by atoms with Crippen molar-refractivity contribution in [1.29, 1.82) is 0 Å². The maximum Gasteiger partial charge on any atom is 0.229 e. The first kappa shape index (κ1) is 16.5. The van der Waals surface area contributed by atoms with Crippen molar-refractivity contribution in [2.45, 2.75) is 33.9 Å². The summed E-state index contributed by atoms with van der Waals surface area (Å²) in [7, 11) is 0. The number of carbonyl (C=O) groups is 1. The quantitative estimate of drug-likeness (QED) is 0.701. The zero-order chi connectivity index (χ0) is 18.3. The molecule has 5 nitrogen and oxygen atoms in total. The third-order valence-electron chi connectivity index (χ3n) is 4.85. The molecular weight excluding hydrogens is 324 g/mol. The Labute approximate surface area is 153 Å². The molecule has 132 valence electrons. The van der Waals surface area contributed by atoms with Gasteiger partial charge in [-0.15, -0.1) is 5.10 Å². The summed E-state index contributed by atoms with van der Waals surface area (Å²) in [6.45, 7) is 7.19. The Hall–Kier alpha value is -2.95. The van der Waals surface area contributed by atoms with Gasteiger partial charge in [0.1, 0.15) is 5.69 Å². The van der Waals surface area contributed by atoms with E-state index >= 15 is 0 Å². The molecule has 0 saturated carbocycles. The van der Waals surface area contributed by atoms with E-state index in [-0.39, 0.29) is 11.8 Å². The number of nitrogens with zero attached hydrogens (tertiary/aromatic N) is 4. The number of amides is 1. The van der Waals surface area contributed by atoms with Crippen LogP contribution >= 0.6 is 0 Å². The third-order valence-corrected chi connectivity index (χ3v) is 4.85. The van der Waals surface area contributed by atoms with Gasteiger partial charge in [0.25, 0.3) is 0 Å². The largest absolute Gasteiger partial charge is 0.307 e. The van der Waals surface area contributed by atoms with Crippen LogP contribution in [0.15, 0.2) is 48.5 Å². The molecule has 4 rings (SSSR count). The topological polar surface area (TPSA) is 51.0 Å². The van der Waals surface area contributed by atoms with E-state index in [1.807, 2.05) is 53.8 Å². The van der Waals surface area contributed by atoms with Crippen LogP contribution in [0.2, 0.25) is 0 Å². The van der Waals surface area contributed by atoms with Crippen LogP contribution in [-0.4, -0.2) is 20.9 Å². The van der Waals surface area contributed by atoms with E-state index < -0.39 is 0 Å². The fourth-order valence-corrected chi connectivity index (χ4v) is 3.54. The fraction of sp³-hybridized carbons (Fsp3) is 0.286. The van der Waals surface area contributed by atoms with Crippen LogP contribution < -0.4 is 4.90 Å². The molecule has 0 saturated heterocycles. The average molecular weight is 346 g/mol. The standard InChI is InChI=1S/C21H22N4O/c1-4-25-20-17-11-7-8-12-18(17)24(21(26)14(2)3)13-15-9-5-6-10-16(15)19(20)22-23-25/h5-12,14H,4,13H2,1-3H3. The lowest BCUT2D eigenvalue weighted by Crippen LogP contribution is -2.35. The summed E-state index contributed by atoms with van der Waals surface area (Å²) in [4.78, 5) is 14.9. The van der Waals surface area contributed by atoms with E-state index in [2.05, 4.69) is 35.4 Å². The van der Waals surface area contributed by atoms with Crippen molar-refractivity contribution in [2.75, 3.05) is 4.90 Å². The summed E-state index contributed by atoms with van der Waals surface area (Å²) in [5.41, 5.74) is 5.89. The van der Waals surface area contributed by atoms with Gasteiger partial charge < -0.3 is 4.90 Å². The molecule has 0 bridgehead atoms. The second kappa shape index (κ2) is 6.41. The van der Waals surface area contributed by atoms with Crippen LogP contribution in [-0.2, 0) is 17.9 Å². The fourth-order valence-electron chi connectivity index (χ4n) is 3.54. The van der Waals surface area contributed by atoms with Crippen LogP contribution in [0.3, 0.4) is 0 Å². The van der Waals surface area contributed by atoms with E-state index in [0.29, 0.717) is 6.54 Å². The molecule has 0 radical (unpaired) electrons. The van der Waals surface area contributed by atoms with Gasteiger partial charge in [-0.2, -0.15) is 0 Å². The lowest BCUT2D eigenvalue weighted by molar-refractivity contribution is -0.121. The summed E-state index contributed by atoms with van der Waals surface area (Å²) in [6, 6.07) is 16.2. The molecule has 1 aromatic heterocycles. The van der Waals surface area contributed by atoms with Crippen molar-refractivity contribution < 1.29 is 4.79 Å². The van der Waals surface area contributed by atoms with Crippen molar-refractivity contribution in [3.63, 3.8) is 0 Å². The molecule has 0 aliphatic carbocycles. The SMILES string of the molecule is CCn1nnc2c1-c1ccccc1N(C(=O)C(C)C)Cc1ccccc1-2. The van der Waals surface area contributed by atoms with E-state index in [9.17, 15) is 4.79 Å². The number of hydrogen-bond donors (Lipinski definition) is 0. The minimum atomic E-state index is -0.0803. The Morgan fingerprint density at radius 3 is 2.50 bits per heavy atom. The van der Waals surface area contributed by atoms with Crippen molar-refractivity contribution in [3.8, 4) is 22.5 Å². The highest BCUT2D eigenvalue weighted by Gasteiger charge is 2.29. The highest BCUT2D eigenvalue weighted by molar-refractivity contribution is 6.00. The molecule has 1 aliphatic heterocycles. The van der Waals surface area contributed by atoms with Gasteiger partial charge in [-0.1, -0.05) is 61.5 Å². The molecule has 0 N–H and O–H groups in total. The van der Waals surface area contributed by atoms with Crippen molar-refractivity contribution >= 4 is 11.6 Å². The van der Waals surface area contributed by atoms with Gasteiger partial charge in [0.15, 0.2) is 0 Å². The Kier molecular flexibility index (Phi) is 4.07. The normalized spacial score (nSPS) is 12.8. The first-order valence-corrected chi connectivity index (χ1v) is 9.04. The summed E-state index contributed by atoms with van der Waals surface area (Å²) < 4.78 is 1.91. The molecule has 3 aromatic rings. The summed E-state index contributed by atoms with van der Waals surface area (Å²) in [5.74, 6) is 0.0366. The number of anilines is 1. The number of aromatic nitrogens is 3. The van der Waals surface area contributed by atoms with Crippen LogP contribution in [0.25, 0.3) is 22.5 Å². The molecular formula is C21H22N4O. The predicted octanol–water partition coefficient (Wildman–Crippen LogP) is 4.13. The molecule has 1 aliphatic rings. The van der Waals surface area contributed by atoms with Gasteiger partial charge in [0.2, 0.25) is 5.91 Å². The maximum absolute atomic E-state index is 13.0. The van der Waals surface area contributed by atoms with Crippen LogP contribution in [0.1, 0.15) is 26.3 Å². The number of aryl methyl sites for hydroxylation is 1. The Morgan fingerprint density at radius 2 is 1.77 bits per heavy atom. The first-order valence-electron chi connectivity index (χ1n) is 9.04. The molecule has 0 fully saturated rings. The molecule has 0 unspecified atom stereocenters. The molecule has 2 aromatic carbocycles. The van der Waals surface area contributed by atoms with Crippen LogP contribution in [0, 0.1) is 5.92 Å². The zero-order valence-corrected chi connectivity index (χ0v) is 15.3. The number of carbonyl (C=O) groups excluding carboxylic acids is 1. The third kappa shape index (κ3) is 2.51. The molecule has 0 spiro atoms. The minimum Gasteiger partial charge on any atom is -0.307 e. The van der Waals surface area contributed by atoms with Crippen LogP contribution in [0.5, 0.6) is 0 Å². The average Bonchev–Trinajstić information content (AvgIpc) is 3.08. The maximum atomic E-state index is 13.0. The van der Waals surface area contributed by atoms with Crippen molar-refractivity contribution in [2.24, 2.45) is 5.92 Å². The number of benzene rings is 2. The minimum absolute atomic E-state index is 0.0803. The number of para-hydroxylation sites is 1. The molecule has 1 amide bonds. The van der Waals surface area contributed by atoms with Crippen molar-refractivity contribution in [1.82, 2.24) is 15.0 Å². The highest BCUT2D eigenvalue weighted by Crippen LogP contribution is 2.41.